The quantitative estimate of drug-likeness (QED) is 0.256. The molecular formula is C14H30IN3. The van der Waals surface area contributed by atoms with E-state index in [9.17, 15) is 0 Å². The molecule has 3 nitrogen and oxygen atoms in total. The highest BCUT2D eigenvalue weighted by molar-refractivity contribution is 14.0. The molecule has 18 heavy (non-hydrogen) atoms. The Kier molecular flexibility index (Phi) is 10.9. The number of rotatable bonds is 5. The lowest BCUT2D eigenvalue weighted by molar-refractivity contribution is 0.527. The number of nitrogens with two attached hydrogens (primary N) is 1. The molecule has 0 bridgehead atoms. The van der Waals surface area contributed by atoms with Crippen molar-refractivity contribution in [1.82, 2.24) is 5.32 Å². The molecule has 0 spiro atoms. The fourth-order valence-corrected chi connectivity index (χ4v) is 2.38. The first-order valence-corrected chi connectivity index (χ1v) is 7.25. The molecule has 1 saturated carbocycles. The minimum Gasteiger partial charge on any atom is -0.370 e. The van der Waals surface area contributed by atoms with Gasteiger partial charge in [-0.3, -0.25) is 4.99 Å². The monoisotopic (exact) mass is 367 g/mol. The largest absolute Gasteiger partial charge is 0.370 e. The average molecular weight is 367 g/mol. The first-order valence-electron chi connectivity index (χ1n) is 7.25. The number of guanidine groups is 1. The van der Waals surface area contributed by atoms with Crippen LogP contribution in [0.3, 0.4) is 0 Å². The molecule has 1 aliphatic carbocycles. The van der Waals surface area contributed by atoms with Crippen LogP contribution in [-0.2, 0) is 0 Å². The molecule has 108 valence electrons. The summed E-state index contributed by atoms with van der Waals surface area (Å²) in [6.45, 7) is 5.36. The zero-order valence-corrected chi connectivity index (χ0v) is 14.3. The van der Waals surface area contributed by atoms with Gasteiger partial charge >= 0.3 is 0 Å². The summed E-state index contributed by atoms with van der Waals surface area (Å²) in [4.78, 5) is 4.40. The van der Waals surface area contributed by atoms with Crippen LogP contribution in [-0.4, -0.2) is 18.5 Å². The zero-order valence-electron chi connectivity index (χ0n) is 12.0. The molecule has 0 unspecified atom stereocenters. The van der Waals surface area contributed by atoms with Gasteiger partial charge in [0.1, 0.15) is 0 Å². The van der Waals surface area contributed by atoms with Gasteiger partial charge < -0.3 is 11.1 Å². The third-order valence-electron chi connectivity index (χ3n) is 3.43. The molecule has 0 amide bonds. The summed E-state index contributed by atoms with van der Waals surface area (Å²) in [7, 11) is 0. The SMILES string of the molecule is CC(C)CCCN=C(N)NC1CCCCCC1.I. The maximum Gasteiger partial charge on any atom is 0.188 e. The third kappa shape index (κ3) is 9.00. The van der Waals surface area contributed by atoms with Gasteiger partial charge in [-0.15, -0.1) is 24.0 Å². The standard InChI is InChI=1S/C14H29N3.HI/c1-12(2)8-7-11-16-14(15)17-13-9-5-3-4-6-10-13;/h12-13H,3-11H2,1-2H3,(H3,15,16,17);1H. The molecule has 0 aromatic carbocycles. The highest BCUT2D eigenvalue weighted by Gasteiger charge is 2.11. The van der Waals surface area contributed by atoms with Gasteiger partial charge in [-0.2, -0.15) is 0 Å². The summed E-state index contributed by atoms with van der Waals surface area (Å²) in [5.41, 5.74) is 5.91. The van der Waals surface area contributed by atoms with Crippen LogP contribution in [0.25, 0.3) is 0 Å². The molecule has 3 N–H and O–H groups in total. The van der Waals surface area contributed by atoms with Gasteiger partial charge in [-0.1, -0.05) is 39.5 Å². The number of nitrogens with one attached hydrogen (secondary N) is 1. The molecule has 4 heteroatoms. The summed E-state index contributed by atoms with van der Waals surface area (Å²) >= 11 is 0. The molecular weight excluding hydrogens is 337 g/mol. The van der Waals surface area contributed by atoms with Crippen LogP contribution in [0, 0.1) is 5.92 Å². The number of halogens is 1. The second-order valence-corrected chi connectivity index (χ2v) is 5.64. The second kappa shape index (κ2) is 10.9. The number of hydrogen-bond donors (Lipinski definition) is 2. The summed E-state index contributed by atoms with van der Waals surface area (Å²) in [5.74, 6) is 1.42. The first-order chi connectivity index (χ1) is 8.18. The first kappa shape index (κ1) is 18.0. The fraction of sp³-hybridized carbons (Fsp3) is 0.929. The van der Waals surface area contributed by atoms with Crippen molar-refractivity contribution in [2.45, 2.75) is 71.3 Å². The number of hydrogen-bond acceptors (Lipinski definition) is 1. The summed E-state index contributed by atoms with van der Waals surface area (Å²) in [6.07, 6.45) is 10.3. The lowest BCUT2D eigenvalue weighted by Crippen LogP contribution is -2.39. The molecule has 0 aromatic heterocycles. The Hall–Kier alpha value is 0. The van der Waals surface area contributed by atoms with E-state index in [1.54, 1.807) is 0 Å². The Morgan fingerprint density at radius 2 is 1.83 bits per heavy atom. The minimum atomic E-state index is 0. The highest BCUT2D eigenvalue weighted by atomic mass is 127. The number of aliphatic imine (C=N–C) groups is 1. The average Bonchev–Trinajstić information content (AvgIpc) is 2.53. The zero-order chi connectivity index (χ0) is 12.5. The molecule has 0 saturated heterocycles. The van der Waals surface area contributed by atoms with E-state index < -0.39 is 0 Å². The Morgan fingerprint density at radius 1 is 1.22 bits per heavy atom. The second-order valence-electron chi connectivity index (χ2n) is 5.64. The Morgan fingerprint density at radius 3 is 2.39 bits per heavy atom. The van der Waals surface area contributed by atoms with Crippen LogP contribution < -0.4 is 11.1 Å². The molecule has 0 heterocycles. The van der Waals surface area contributed by atoms with Crippen molar-refractivity contribution in [3.8, 4) is 0 Å². The van der Waals surface area contributed by atoms with Gasteiger partial charge in [0.15, 0.2) is 5.96 Å². The Bertz CT molecular complexity index is 221. The van der Waals surface area contributed by atoms with E-state index in [1.807, 2.05) is 0 Å². The third-order valence-corrected chi connectivity index (χ3v) is 3.43. The van der Waals surface area contributed by atoms with E-state index in [4.69, 9.17) is 5.73 Å². The van der Waals surface area contributed by atoms with Crippen molar-refractivity contribution in [2.24, 2.45) is 16.6 Å². The lowest BCUT2D eigenvalue weighted by atomic mass is 10.1. The van der Waals surface area contributed by atoms with Crippen LogP contribution in [0.15, 0.2) is 4.99 Å². The molecule has 1 aliphatic rings. The van der Waals surface area contributed by atoms with E-state index in [0.29, 0.717) is 12.0 Å². The van der Waals surface area contributed by atoms with Gasteiger partial charge in [0, 0.05) is 12.6 Å². The normalized spacial score (nSPS) is 18.3. The van der Waals surface area contributed by atoms with E-state index in [0.717, 1.165) is 18.9 Å². The predicted octanol–water partition coefficient (Wildman–Crippen LogP) is 3.67. The Labute approximate surface area is 129 Å². The van der Waals surface area contributed by atoms with Gasteiger partial charge in [-0.05, 0) is 31.6 Å². The molecule has 0 aromatic rings. The van der Waals surface area contributed by atoms with Crippen molar-refractivity contribution >= 4 is 29.9 Å². The molecule has 1 fully saturated rings. The topological polar surface area (TPSA) is 50.4 Å². The van der Waals surface area contributed by atoms with Gasteiger partial charge in [0.2, 0.25) is 0 Å². The molecule has 1 rings (SSSR count). The maximum absolute atomic E-state index is 5.91. The van der Waals surface area contributed by atoms with Crippen LogP contribution >= 0.6 is 24.0 Å². The molecule has 0 aliphatic heterocycles. The van der Waals surface area contributed by atoms with E-state index in [2.05, 4.69) is 24.2 Å². The summed E-state index contributed by atoms with van der Waals surface area (Å²) < 4.78 is 0. The Balaban J connectivity index is 0.00000289. The molecule has 0 radical (unpaired) electrons. The van der Waals surface area contributed by atoms with Crippen LogP contribution in [0.5, 0.6) is 0 Å². The number of nitrogens with zero attached hydrogens (tertiary/aromatic N) is 1. The predicted molar refractivity (Wildman–Crippen MR) is 90.6 cm³/mol. The van der Waals surface area contributed by atoms with Gasteiger partial charge in [0.05, 0.1) is 0 Å². The van der Waals surface area contributed by atoms with E-state index in [-0.39, 0.29) is 24.0 Å². The van der Waals surface area contributed by atoms with Crippen molar-refractivity contribution in [3.05, 3.63) is 0 Å². The lowest BCUT2D eigenvalue weighted by Gasteiger charge is -2.16. The summed E-state index contributed by atoms with van der Waals surface area (Å²) in [6, 6.07) is 0.561. The molecule has 0 atom stereocenters. The summed E-state index contributed by atoms with van der Waals surface area (Å²) in [5, 5.41) is 3.37. The van der Waals surface area contributed by atoms with Gasteiger partial charge in [-0.25, -0.2) is 0 Å². The maximum atomic E-state index is 5.91. The van der Waals surface area contributed by atoms with E-state index >= 15 is 0 Å². The van der Waals surface area contributed by atoms with Crippen molar-refractivity contribution in [3.63, 3.8) is 0 Å². The minimum absolute atomic E-state index is 0. The van der Waals surface area contributed by atoms with Crippen molar-refractivity contribution in [1.29, 1.82) is 0 Å². The van der Waals surface area contributed by atoms with Crippen molar-refractivity contribution < 1.29 is 0 Å². The van der Waals surface area contributed by atoms with E-state index in [1.165, 1.54) is 44.9 Å². The van der Waals surface area contributed by atoms with Crippen LogP contribution in [0.2, 0.25) is 0 Å². The fourth-order valence-electron chi connectivity index (χ4n) is 2.38. The van der Waals surface area contributed by atoms with Crippen molar-refractivity contribution in [2.75, 3.05) is 6.54 Å². The highest BCUT2D eigenvalue weighted by Crippen LogP contribution is 2.16. The van der Waals surface area contributed by atoms with Crippen LogP contribution in [0.4, 0.5) is 0 Å². The smallest absolute Gasteiger partial charge is 0.188 e. The van der Waals surface area contributed by atoms with Gasteiger partial charge in [0.25, 0.3) is 0 Å². The van der Waals surface area contributed by atoms with Crippen LogP contribution in [0.1, 0.15) is 65.2 Å².